The first-order valence-corrected chi connectivity index (χ1v) is 6.55. The molecule has 108 valence electrons. The third-order valence-corrected chi connectivity index (χ3v) is 3.61. The van der Waals surface area contributed by atoms with E-state index in [1.165, 1.54) is 11.1 Å². The Morgan fingerprint density at radius 1 is 1.48 bits per heavy atom. The van der Waals surface area contributed by atoms with Gasteiger partial charge in [-0.15, -0.1) is 0 Å². The van der Waals surface area contributed by atoms with Gasteiger partial charge in [0.2, 0.25) is 5.91 Å². The van der Waals surface area contributed by atoms with Crippen molar-refractivity contribution in [3.63, 3.8) is 0 Å². The van der Waals surface area contributed by atoms with E-state index in [9.17, 15) is 14.4 Å². The molecule has 1 fully saturated rings. The van der Waals surface area contributed by atoms with Crippen LogP contribution in [0.2, 0.25) is 0 Å². The maximum Gasteiger partial charge on any atom is 0.304 e. The molecule has 7 heteroatoms. The molecule has 0 spiro atoms. The van der Waals surface area contributed by atoms with Crippen molar-refractivity contribution in [2.45, 2.75) is 6.42 Å². The predicted molar refractivity (Wildman–Crippen MR) is 71.1 cm³/mol. The average Bonchev–Trinajstić information content (AvgIpc) is 3.03. The number of nitrogens with zero attached hydrogens (tertiary/aromatic N) is 2. The summed E-state index contributed by atoms with van der Waals surface area (Å²) in [6.45, 7) is 1.01. The molecule has 1 aromatic heterocycles. The second-order valence-electron chi connectivity index (χ2n) is 4.90. The number of carboxylic acid groups (broad SMARTS) is 1. The maximum atomic E-state index is 12.6. The molecule has 0 bridgehead atoms. The second kappa shape index (κ2) is 5.01. The third-order valence-electron chi connectivity index (χ3n) is 3.61. The fraction of sp³-hybridized carbons (Fsp3) is 0.286. The van der Waals surface area contributed by atoms with Crippen LogP contribution in [0.5, 0.6) is 0 Å². The molecule has 1 saturated heterocycles. The van der Waals surface area contributed by atoms with Gasteiger partial charge in [-0.25, -0.2) is 0 Å². The summed E-state index contributed by atoms with van der Waals surface area (Å²) >= 11 is 0. The van der Waals surface area contributed by atoms with Gasteiger partial charge < -0.3 is 10.4 Å². The highest BCUT2D eigenvalue weighted by atomic mass is 16.4. The molecule has 0 aliphatic carbocycles. The Bertz CT molecular complexity index is 653. The zero-order chi connectivity index (χ0) is 15.0. The van der Waals surface area contributed by atoms with Crippen LogP contribution >= 0.6 is 0 Å². The molecule has 0 aromatic carbocycles. The first-order valence-electron chi connectivity index (χ1n) is 6.55. The van der Waals surface area contributed by atoms with E-state index < -0.39 is 11.9 Å². The molecule has 3 rings (SSSR count). The molecule has 1 aromatic rings. The van der Waals surface area contributed by atoms with Gasteiger partial charge in [-0.1, -0.05) is 0 Å². The van der Waals surface area contributed by atoms with Crippen LogP contribution in [0.4, 0.5) is 0 Å². The summed E-state index contributed by atoms with van der Waals surface area (Å²) in [5.74, 6) is -2.27. The Balaban J connectivity index is 2.03. The van der Waals surface area contributed by atoms with Crippen molar-refractivity contribution in [2.24, 2.45) is 5.92 Å². The Morgan fingerprint density at radius 2 is 2.29 bits per heavy atom. The number of pyridine rings is 1. The number of hydrogen-bond acceptors (Lipinski definition) is 5. The Labute approximate surface area is 120 Å². The lowest BCUT2D eigenvalue weighted by Gasteiger charge is -2.11. The molecule has 0 unspecified atom stereocenters. The second-order valence-corrected chi connectivity index (χ2v) is 4.90. The highest BCUT2D eigenvalue weighted by molar-refractivity contribution is 6.14. The summed E-state index contributed by atoms with van der Waals surface area (Å²) in [6, 6.07) is 3.23. The maximum absolute atomic E-state index is 12.6. The number of Topliss-reactive ketones (excluding diaryl/α,β-unsaturated/α-hetero) is 1. The van der Waals surface area contributed by atoms with Crippen molar-refractivity contribution < 1.29 is 19.5 Å². The first kappa shape index (κ1) is 13.3. The van der Waals surface area contributed by atoms with Crippen molar-refractivity contribution in [1.29, 1.82) is 0 Å². The van der Waals surface area contributed by atoms with Crippen LogP contribution in [0.15, 0.2) is 35.9 Å². The first-order chi connectivity index (χ1) is 10.1. The Hall–Kier alpha value is -2.70. The number of hydrogen-bond donors (Lipinski definition) is 2. The molecular weight excluding hydrogens is 274 g/mol. The number of aromatic nitrogens is 1. The molecule has 21 heavy (non-hydrogen) atoms. The predicted octanol–water partition coefficient (Wildman–Crippen LogP) is 0.0122. The molecule has 3 heterocycles. The van der Waals surface area contributed by atoms with Gasteiger partial charge in [0.1, 0.15) is 5.82 Å². The minimum Gasteiger partial charge on any atom is -0.481 e. The standard InChI is InChI=1S/C14H13N3O4/c18-10(19)6-9-11(12(20)8-2-1-3-15-7-8)13-16-4-5-17(13)14(9)21/h1-3,7,9,16H,4-6H2,(H,18,19)/t9-/m0/s1. The lowest BCUT2D eigenvalue weighted by molar-refractivity contribution is -0.141. The highest BCUT2D eigenvalue weighted by Gasteiger charge is 2.45. The Morgan fingerprint density at radius 3 is 2.95 bits per heavy atom. The number of carbonyl (C=O) groups excluding carboxylic acids is 2. The van der Waals surface area contributed by atoms with E-state index in [1.807, 2.05) is 0 Å². The summed E-state index contributed by atoms with van der Waals surface area (Å²) in [7, 11) is 0. The number of fused-ring (bicyclic) bond motifs is 1. The fourth-order valence-electron chi connectivity index (χ4n) is 2.71. The van der Waals surface area contributed by atoms with Crippen LogP contribution in [0.3, 0.4) is 0 Å². The van der Waals surface area contributed by atoms with Crippen LogP contribution in [-0.4, -0.2) is 45.7 Å². The lowest BCUT2D eigenvalue weighted by Crippen LogP contribution is -2.29. The topological polar surface area (TPSA) is 99.6 Å². The molecule has 7 nitrogen and oxygen atoms in total. The lowest BCUT2D eigenvalue weighted by atomic mass is 9.91. The van der Waals surface area contributed by atoms with Crippen LogP contribution in [0.25, 0.3) is 0 Å². The van der Waals surface area contributed by atoms with Crippen LogP contribution in [-0.2, 0) is 9.59 Å². The Kier molecular flexibility index (Phi) is 3.17. The number of amides is 1. The van der Waals surface area contributed by atoms with Gasteiger partial charge in [0.25, 0.3) is 0 Å². The number of ketones is 1. The highest BCUT2D eigenvalue weighted by Crippen LogP contribution is 2.34. The smallest absolute Gasteiger partial charge is 0.304 e. The minimum absolute atomic E-state index is 0.230. The molecular formula is C14H13N3O4. The van der Waals surface area contributed by atoms with Crippen LogP contribution in [0.1, 0.15) is 16.8 Å². The summed E-state index contributed by atoms with van der Waals surface area (Å²) in [5.41, 5.74) is 0.576. The average molecular weight is 287 g/mol. The molecule has 2 aliphatic heterocycles. The van der Waals surface area contributed by atoms with E-state index in [0.29, 0.717) is 24.5 Å². The van der Waals surface area contributed by atoms with E-state index in [4.69, 9.17) is 5.11 Å². The van der Waals surface area contributed by atoms with Gasteiger partial charge in [0.15, 0.2) is 5.78 Å². The molecule has 0 radical (unpaired) electrons. The van der Waals surface area contributed by atoms with E-state index in [1.54, 1.807) is 18.3 Å². The van der Waals surface area contributed by atoms with Crippen molar-refractivity contribution in [3.8, 4) is 0 Å². The third kappa shape index (κ3) is 2.16. The van der Waals surface area contributed by atoms with Crippen molar-refractivity contribution in [3.05, 3.63) is 41.5 Å². The zero-order valence-electron chi connectivity index (χ0n) is 11.1. The molecule has 2 N–H and O–H groups in total. The van der Waals surface area contributed by atoms with Crippen LogP contribution < -0.4 is 5.32 Å². The SMILES string of the molecule is O=C(O)C[C@@H]1C(=O)N2CCNC2=C1C(=O)c1cccnc1. The van der Waals surface area contributed by atoms with E-state index in [2.05, 4.69) is 10.3 Å². The summed E-state index contributed by atoms with van der Waals surface area (Å²) < 4.78 is 0. The molecule has 1 amide bonds. The summed E-state index contributed by atoms with van der Waals surface area (Å²) in [5, 5.41) is 12.0. The van der Waals surface area contributed by atoms with Gasteiger partial charge in [0, 0.05) is 31.0 Å². The van der Waals surface area contributed by atoms with Gasteiger partial charge in [0.05, 0.1) is 17.9 Å². The number of nitrogens with one attached hydrogen (secondary N) is 1. The zero-order valence-corrected chi connectivity index (χ0v) is 11.1. The van der Waals surface area contributed by atoms with Gasteiger partial charge in [-0.3, -0.25) is 24.3 Å². The van der Waals surface area contributed by atoms with Crippen molar-refractivity contribution in [2.75, 3.05) is 13.1 Å². The summed E-state index contributed by atoms with van der Waals surface area (Å²) in [4.78, 5) is 41.2. The van der Waals surface area contributed by atoms with E-state index >= 15 is 0 Å². The fourth-order valence-corrected chi connectivity index (χ4v) is 2.71. The quantitative estimate of drug-likeness (QED) is 0.757. The molecule has 2 aliphatic rings. The van der Waals surface area contributed by atoms with Gasteiger partial charge >= 0.3 is 5.97 Å². The number of carboxylic acids is 1. The number of carbonyl (C=O) groups is 3. The number of rotatable bonds is 4. The van der Waals surface area contributed by atoms with E-state index in [-0.39, 0.29) is 23.7 Å². The van der Waals surface area contributed by atoms with E-state index in [0.717, 1.165) is 0 Å². The monoisotopic (exact) mass is 287 g/mol. The molecule has 1 atom stereocenters. The van der Waals surface area contributed by atoms with Crippen molar-refractivity contribution >= 4 is 17.7 Å². The summed E-state index contributed by atoms with van der Waals surface area (Å²) in [6.07, 6.45) is 2.57. The minimum atomic E-state index is -1.10. The molecule has 0 saturated carbocycles. The van der Waals surface area contributed by atoms with Gasteiger partial charge in [-0.05, 0) is 12.1 Å². The van der Waals surface area contributed by atoms with Crippen LogP contribution in [0, 0.1) is 5.92 Å². The number of aliphatic carboxylic acids is 1. The largest absolute Gasteiger partial charge is 0.481 e. The van der Waals surface area contributed by atoms with Gasteiger partial charge in [-0.2, -0.15) is 0 Å². The normalized spacial score (nSPS) is 20.5. The van der Waals surface area contributed by atoms with Crippen molar-refractivity contribution in [1.82, 2.24) is 15.2 Å².